The number of aryl methyl sites for hydroxylation is 3. The number of nitrogens with zero attached hydrogens (tertiary/aromatic N) is 1. The molecule has 1 heterocycles. The smallest absolute Gasteiger partial charge is 0.319 e. The van der Waals surface area contributed by atoms with Crippen LogP contribution < -0.4 is 10.6 Å². The van der Waals surface area contributed by atoms with Gasteiger partial charge >= 0.3 is 6.03 Å². The van der Waals surface area contributed by atoms with E-state index in [4.69, 9.17) is 4.42 Å². The summed E-state index contributed by atoms with van der Waals surface area (Å²) in [6, 6.07) is 15.3. The summed E-state index contributed by atoms with van der Waals surface area (Å²) in [5.41, 5.74) is 4.62. The third-order valence-electron chi connectivity index (χ3n) is 3.81. The number of hydrogen-bond donors (Lipinski definition) is 2. The van der Waals surface area contributed by atoms with Gasteiger partial charge in [0.15, 0.2) is 0 Å². The molecule has 5 heteroatoms. The van der Waals surface area contributed by atoms with Gasteiger partial charge in [0.05, 0.1) is 6.54 Å². The number of rotatable bonds is 4. The van der Waals surface area contributed by atoms with Crippen molar-refractivity contribution < 1.29 is 9.21 Å². The van der Waals surface area contributed by atoms with Crippen LogP contribution in [0.5, 0.6) is 0 Å². The quantitative estimate of drug-likeness (QED) is 0.733. The monoisotopic (exact) mass is 335 g/mol. The highest BCUT2D eigenvalue weighted by Gasteiger charge is 2.12. The van der Waals surface area contributed by atoms with Crippen molar-refractivity contribution in [3.8, 4) is 11.5 Å². The number of benzene rings is 2. The van der Waals surface area contributed by atoms with E-state index in [0.717, 1.165) is 28.1 Å². The van der Waals surface area contributed by atoms with Gasteiger partial charge in [-0.2, -0.15) is 0 Å². The minimum absolute atomic E-state index is 0.270. The third-order valence-corrected chi connectivity index (χ3v) is 3.81. The fourth-order valence-electron chi connectivity index (χ4n) is 2.68. The van der Waals surface area contributed by atoms with Crippen LogP contribution in [0.4, 0.5) is 10.5 Å². The Hall–Kier alpha value is -3.08. The average molecular weight is 335 g/mol. The molecule has 0 aliphatic carbocycles. The first kappa shape index (κ1) is 16.8. The molecule has 5 nitrogen and oxygen atoms in total. The Morgan fingerprint density at radius 1 is 1.04 bits per heavy atom. The number of urea groups is 1. The van der Waals surface area contributed by atoms with Gasteiger partial charge in [-0.15, -0.1) is 0 Å². The van der Waals surface area contributed by atoms with Crippen molar-refractivity contribution in [3.63, 3.8) is 0 Å². The lowest BCUT2D eigenvalue weighted by molar-refractivity contribution is 0.251. The van der Waals surface area contributed by atoms with Gasteiger partial charge in [0, 0.05) is 11.3 Å². The molecule has 0 unspecified atom stereocenters. The molecule has 2 amide bonds. The highest BCUT2D eigenvalue weighted by atomic mass is 16.4. The molecule has 2 N–H and O–H groups in total. The van der Waals surface area contributed by atoms with Crippen LogP contribution in [0.3, 0.4) is 0 Å². The first-order chi connectivity index (χ1) is 12.0. The van der Waals surface area contributed by atoms with Crippen LogP contribution in [0.2, 0.25) is 0 Å². The van der Waals surface area contributed by atoms with Crippen molar-refractivity contribution in [1.29, 1.82) is 0 Å². The second-order valence-electron chi connectivity index (χ2n) is 6.07. The molecule has 128 valence electrons. The molecule has 2 aromatic carbocycles. The van der Waals surface area contributed by atoms with E-state index in [0.29, 0.717) is 18.2 Å². The minimum atomic E-state index is -0.270. The van der Waals surface area contributed by atoms with Gasteiger partial charge in [-0.1, -0.05) is 24.3 Å². The van der Waals surface area contributed by atoms with E-state index in [1.165, 1.54) is 0 Å². The highest BCUT2D eigenvalue weighted by molar-refractivity contribution is 5.89. The SMILES string of the molecule is Cc1cc(C)cc(NC(=O)NCc2nc(-c3ccccc3)oc2C)c1. The number of nitrogens with one attached hydrogen (secondary N) is 2. The van der Waals surface area contributed by atoms with Crippen LogP contribution in [-0.2, 0) is 6.54 Å². The lowest BCUT2D eigenvalue weighted by Crippen LogP contribution is -2.28. The van der Waals surface area contributed by atoms with E-state index >= 15 is 0 Å². The number of aromatic nitrogens is 1. The molecular formula is C20H21N3O2. The van der Waals surface area contributed by atoms with Gasteiger partial charge in [0.2, 0.25) is 5.89 Å². The van der Waals surface area contributed by atoms with Gasteiger partial charge in [0.25, 0.3) is 0 Å². The largest absolute Gasteiger partial charge is 0.441 e. The fraction of sp³-hybridized carbons (Fsp3) is 0.200. The van der Waals surface area contributed by atoms with E-state index in [2.05, 4.69) is 21.7 Å². The van der Waals surface area contributed by atoms with Crippen LogP contribution in [0.15, 0.2) is 52.9 Å². The Balaban J connectivity index is 1.63. The number of anilines is 1. The minimum Gasteiger partial charge on any atom is -0.441 e. The van der Waals surface area contributed by atoms with Gasteiger partial charge < -0.3 is 15.1 Å². The van der Waals surface area contributed by atoms with Crippen molar-refractivity contribution in [1.82, 2.24) is 10.3 Å². The summed E-state index contributed by atoms with van der Waals surface area (Å²) < 4.78 is 5.70. The van der Waals surface area contributed by atoms with Crippen molar-refractivity contribution >= 4 is 11.7 Å². The molecule has 0 saturated carbocycles. The summed E-state index contributed by atoms with van der Waals surface area (Å²) in [6.07, 6.45) is 0. The zero-order valence-electron chi connectivity index (χ0n) is 14.6. The van der Waals surface area contributed by atoms with E-state index in [-0.39, 0.29) is 6.03 Å². The standard InChI is InChI=1S/C20H21N3O2/c1-13-9-14(2)11-17(10-13)22-20(24)21-12-18-15(3)25-19(23-18)16-7-5-4-6-8-16/h4-11H,12H2,1-3H3,(H2,21,22,24). The molecule has 0 bridgehead atoms. The maximum Gasteiger partial charge on any atom is 0.319 e. The summed E-state index contributed by atoms with van der Waals surface area (Å²) in [6.45, 7) is 6.15. The van der Waals surface area contributed by atoms with Crippen molar-refractivity contribution in [3.05, 3.63) is 71.1 Å². The van der Waals surface area contributed by atoms with Crippen molar-refractivity contribution in [2.75, 3.05) is 5.32 Å². The average Bonchev–Trinajstić information content (AvgIpc) is 2.94. The predicted molar refractivity (Wildman–Crippen MR) is 98.5 cm³/mol. The first-order valence-corrected chi connectivity index (χ1v) is 8.16. The Labute approximate surface area is 147 Å². The molecule has 0 radical (unpaired) electrons. The second-order valence-corrected chi connectivity index (χ2v) is 6.07. The van der Waals surface area contributed by atoms with E-state index < -0.39 is 0 Å². The number of oxazole rings is 1. The van der Waals surface area contributed by atoms with Gasteiger partial charge in [0.1, 0.15) is 11.5 Å². The molecule has 0 saturated heterocycles. The normalized spacial score (nSPS) is 10.5. The van der Waals surface area contributed by atoms with Crippen molar-refractivity contribution in [2.45, 2.75) is 27.3 Å². The van der Waals surface area contributed by atoms with Crippen LogP contribution in [0, 0.1) is 20.8 Å². The topological polar surface area (TPSA) is 67.2 Å². The Morgan fingerprint density at radius 2 is 1.72 bits per heavy atom. The Morgan fingerprint density at radius 3 is 2.40 bits per heavy atom. The number of hydrogen-bond acceptors (Lipinski definition) is 3. The lowest BCUT2D eigenvalue weighted by atomic mass is 10.1. The zero-order chi connectivity index (χ0) is 17.8. The molecule has 0 spiro atoms. The maximum absolute atomic E-state index is 12.1. The van der Waals surface area contributed by atoms with E-state index in [9.17, 15) is 4.79 Å². The van der Waals surface area contributed by atoms with Gasteiger partial charge in [-0.05, 0) is 56.2 Å². The van der Waals surface area contributed by atoms with Crippen LogP contribution in [0.1, 0.15) is 22.6 Å². The maximum atomic E-state index is 12.1. The second kappa shape index (κ2) is 7.21. The molecule has 25 heavy (non-hydrogen) atoms. The molecule has 0 aliphatic heterocycles. The Kier molecular flexibility index (Phi) is 4.84. The number of carbonyl (C=O) groups excluding carboxylic acids is 1. The molecule has 0 fully saturated rings. The molecule has 3 rings (SSSR count). The highest BCUT2D eigenvalue weighted by Crippen LogP contribution is 2.21. The summed E-state index contributed by atoms with van der Waals surface area (Å²) in [4.78, 5) is 16.6. The van der Waals surface area contributed by atoms with Gasteiger partial charge in [-0.3, -0.25) is 0 Å². The van der Waals surface area contributed by atoms with Crippen LogP contribution in [-0.4, -0.2) is 11.0 Å². The zero-order valence-corrected chi connectivity index (χ0v) is 14.6. The summed E-state index contributed by atoms with van der Waals surface area (Å²) in [5.74, 6) is 1.26. The molecule has 0 atom stereocenters. The first-order valence-electron chi connectivity index (χ1n) is 8.16. The van der Waals surface area contributed by atoms with E-state index in [1.807, 2.05) is 63.2 Å². The van der Waals surface area contributed by atoms with Crippen LogP contribution >= 0.6 is 0 Å². The lowest BCUT2D eigenvalue weighted by Gasteiger charge is -2.08. The van der Waals surface area contributed by atoms with Crippen LogP contribution in [0.25, 0.3) is 11.5 Å². The molecule has 3 aromatic rings. The summed E-state index contributed by atoms with van der Waals surface area (Å²) in [5, 5.41) is 5.66. The predicted octanol–water partition coefficient (Wildman–Crippen LogP) is 4.59. The summed E-state index contributed by atoms with van der Waals surface area (Å²) in [7, 11) is 0. The third kappa shape index (κ3) is 4.26. The molecule has 0 aliphatic rings. The molecular weight excluding hydrogens is 314 g/mol. The van der Waals surface area contributed by atoms with Gasteiger partial charge in [-0.25, -0.2) is 9.78 Å². The Bertz CT molecular complexity index is 865. The molecule has 1 aromatic heterocycles. The summed E-state index contributed by atoms with van der Waals surface area (Å²) >= 11 is 0. The fourth-order valence-corrected chi connectivity index (χ4v) is 2.68. The number of carbonyl (C=O) groups is 1. The number of amides is 2. The van der Waals surface area contributed by atoms with E-state index in [1.54, 1.807) is 0 Å². The van der Waals surface area contributed by atoms with Crippen molar-refractivity contribution in [2.24, 2.45) is 0 Å².